The Hall–Kier alpha value is -2.63. The van der Waals surface area contributed by atoms with Crippen LogP contribution in [0.3, 0.4) is 0 Å². The van der Waals surface area contributed by atoms with Crippen molar-refractivity contribution in [1.82, 2.24) is 14.8 Å². The third-order valence-corrected chi connectivity index (χ3v) is 4.15. The summed E-state index contributed by atoms with van der Waals surface area (Å²) in [7, 11) is -2.99. The number of ether oxygens (including phenoxy) is 1. The van der Waals surface area contributed by atoms with E-state index in [4.69, 9.17) is 17.3 Å². The van der Waals surface area contributed by atoms with Gasteiger partial charge in [0.1, 0.15) is 22.3 Å². The van der Waals surface area contributed by atoms with Crippen molar-refractivity contribution in [1.29, 1.82) is 0 Å². The number of hydrogen-bond acceptors (Lipinski definition) is 9. The number of carbonyl (C=O) groups is 1. The number of esters is 1. The molecule has 0 aliphatic carbocycles. The number of halogens is 1. The lowest BCUT2D eigenvalue weighted by atomic mass is 10.2. The first-order chi connectivity index (χ1) is 11.2. The van der Waals surface area contributed by atoms with Gasteiger partial charge in [-0.05, 0) is 18.2 Å². The molecule has 10 nitrogen and oxygen atoms in total. The van der Waals surface area contributed by atoms with E-state index in [0.29, 0.717) is 0 Å². The second-order valence-corrected chi connectivity index (χ2v) is 6.40. The van der Waals surface area contributed by atoms with Crippen LogP contribution in [0.1, 0.15) is 10.4 Å². The highest BCUT2D eigenvalue weighted by Gasteiger charge is 2.19. The Kier molecular flexibility index (Phi) is 5.07. The Morgan fingerprint density at radius 3 is 2.67 bits per heavy atom. The second-order valence-electron chi connectivity index (χ2n) is 4.34. The Morgan fingerprint density at radius 1 is 1.33 bits per heavy atom. The fraction of sp³-hybridized carbons (Fsp3) is 0.0833. The number of nitrogen functional groups attached to an aromatic ring is 1. The van der Waals surface area contributed by atoms with Crippen LogP contribution in [0.4, 0.5) is 11.8 Å². The molecule has 0 saturated heterocycles. The average molecular weight is 374 g/mol. The van der Waals surface area contributed by atoms with Crippen LogP contribution in [0.2, 0.25) is 5.15 Å². The molecule has 0 amide bonds. The lowest BCUT2D eigenvalue weighted by Gasteiger charge is -2.10. The zero-order chi connectivity index (χ0) is 17.9. The minimum atomic E-state index is -4.09. The number of rotatable bonds is 5. The van der Waals surface area contributed by atoms with E-state index in [1.54, 1.807) is 0 Å². The number of methoxy groups -OCH3 is 1. The minimum absolute atomic E-state index is 0.0156. The molecule has 0 bridgehead atoms. The number of anilines is 2. The number of nitrogens with zero attached hydrogens (tertiary/aromatic N) is 2. The van der Waals surface area contributed by atoms with Gasteiger partial charge in [-0.25, -0.2) is 18.2 Å². The van der Waals surface area contributed by atoms with Gasteiger partial charge in [-0.2, -0.15) is 4.98 Å². The van der Waals surface area contributed by atoms with Gasteiger partial charge in [0.05, 0.1) is 12.0 Å². The quantitative estimate of drug-likeness (QED) is 0.333. The third-order valence-electron chi connectivity index (χ3n) is 2.71. The largest absolute Gasteiger partial charge is 0.507 e. The van der Waals surface area contributed by atoms with Gasteiger partial charge in [0, 0.05) is 6.07 Å². The topological polar surface area (TPSA) is 157 Å². The van der Waals surface area contributed by atoms with Gasteiger partial charge >= 0.3 is 5.97 Å². The third kappa shape index (κ3) is 4.01. The monoisotopic (exact) mass is 373 g/mol. The SMILES string of the molecule is COC(=O)c1cc(S(=O)(=O)NNc2cc(Cl)nc(N)n2)ccc1O. The molecule has 12 heteroatoms. The minimum Gasteiger partial charge on any atom is -0.507 e. The molecule has 24 heavy (non-hydrogen) atoms. The molecule has 0 unspecified atom stereocenters. The summed E-state index contributed by atoms with van der Waals surface area (Å²) in [6.07, 6.45) is 0. The number of aromatic nitrogens is 2. The van der Waals surface area contributed by atoms with Crippen molar-refractivity contribution in [2.24, 2.45) is 0 Å². The molecule has 0 fully saturated rings. The van der Waals surface area contributed by atoms with Crippen LogP contribution in [0.5, 0.6) is 5.75 Å². The number of hydrogen-bond donors (Lipinski definition) is 4. The van der Waals surface area contributed by atoms with Gasteiger partial charge < -0.3 is 15.6 Å². The van der Waals surface area contributed by atoms with Crippen molar-refractivity contribution in [2.45, 2.75) is 4.90 Å². The molecule has 2 aromatic rings. The Labute approximate surface area is 141 Å². The van der Waals surface area contributed by atoms with Crippen molar-refractivity contribution in [3.63, 3.8) is 0 Å². The molecule has 1 aromatic heterocycles. The number of hydrazine groups is 1. The number of phenolic OH excluding ortho intramolecular Hbond substituents is 1. The fourth-order valence-electron chi connectivity index (χ4n) is 1.63. The van der Waals surface area contributed by atoms with Gasteiger partial charge in [-0.15, -0.1) is 4.83 Å². The zero-order valence-electron chi connectivity index (χ0n) is 12.1. The second kappa shape index (κ2) is 6.86. The van der Waals surface area contributed by atoms with Crippen LogP contribution < -0.4 is 16.0 Å². The molecule has 0 radical (unpaired) electrons. The molecule has 5 N–H and O–H groups in total. The summed E-state index contributed by atoms with van der Waals surface area (Å²) in [6, 6.07) is 4.37. The molecule has 2 rings (SSSR count). The maximum atomic E-state index is 12.2. The number of carbonyl (C=O) groups excluding carboxylic acids is 1. The summed E-state index contributed by atoms with van der Waals surface area (Å²) in [5.41, 5.74) is 7.41. The predicted molar refractivity (Wildman–Crippen MR) is 84.8 cm³/mol. The lowest BCUT2D eigenvalue weighted by Crippen LogP contribution is -2.30. The first kappa shape index (κ1) is 17.7. The highest BCUT2D eigenvalue weighted by molar-refractivity contribution is 7.89. The molecule has 0 aliphatic heterocycles. The Balaban J connectivity index is 2.25. The van der Waals surface area contributed by atoms with Crippen LogP contribution in [0.25, 0.3) is 0 Å². The van der Waals surface area contributed by atoms with Crippen molar-refractivity contribution < 1.29 is 23.1 Å². The van der Waals surface area contributed by atoms with Crippen LogP contribution in [0, 0.1) is 0 Å². The number of nitrogens with two attached hydrogens (primary N) is 1. The molecule has 0 spiro atoms. The number of aromatic hydroxyl groups is 1. The first-order valence-electron chi connectivity index (χ1n) is 6.22. The van der Waals surface area contributed by atoms with Gasteiger partial charge in [0.15, 0.2) is 0 Å². The zero-order valence-corrected chi connectivity index (χ0v) is 13.7. The molecular weight excluding hydrogens is 362 g/mol. The summed E-state index contributed by atoms with van der Waals surface area (Å²) in [4.78, 5) is 20.6. The van der Waals surface area contributed by atoms with Crippen LogP contribution in [-0.4, -0.2) is 36.6 Å². The smallest absolute Gasteiger partial charge is 0.341 e. The summed E-state index contributed by atoms with van der Waals surface area (Å²) in [5.74, 6) is -1.43. The molecule has 0 saturated carbocycles. The van der Waals surface area contributed by atoms with Gasteiger partial charge in [-0.3, -0.25) is 5.43 Å². The summed E-state index contributed by atoms with van der Waals surface area (Å²) in [6.45, 7) is 0. The van der Waals surface area contributed by atoms with Gasteiger partial charge in [0.2, 0.25) is 5.95 Å². The molecule has 1 heterocycles. The molecule has 0 atom stereocenters. The van der Waals surface area contributed by atoms with Crippen molar-refractivity contribution >= 4 is 39.4 Å². The van der Waals surface area contributed by atoms with E-state index >= 15 is 0 Å². The molecule has 0 aliphatic rings. The highest BCUT2D eigenvalue weighted by atomic mass is 35.5. The van der Waals surface area contributed by atoms with E-state index in [2.05, 4.69) is 20.1 Å². The van der Waals surface area contributed by atoms with Gasteiger partial charge in [-0.1, -0.05) is 11.6 Å². The molecule has 1 aromatic carbocycles. The average Bonchev–Trinajstić information content (AvgIpc) is 2.51. The number of phenols is 1. The van der Waals surface area contributed by atoms with E-state index in [-0.39, 0.29) is 27.4 Å². The summed E-state index contributed by atoms with van der Waals surface area (Å²) >= 11 is 5.68. The normalized spacial score (nSPS) is 11.1. The summed E-state index contributed by atoms with van der Waals surface area (Å²) < 4.78 is 28.9. The van der Waals surface area contributed by atoms with Crippen LogP contribution in [0.15, 0.2) is 29.2 Å². The predicted octanol–water partition coefficient (Wildman–Crippen LogP) is 0.510. The highest BCUT2D eigenvalue weighted by Crippen LogP contribution is 2.22. The number of sulfonamides is 1. The fourth-order valence-corrected chi connectivity index (χ4v) is 2.70. The van der Waals surface area contributed by atoms with E-state index < -0.39 is 21.7 Å². The van der Waals surface area contributed by atoms with E-state index in [9.17, 15) is 18.3 Å². The van der Waals surface area contributed by atoms with Crippen molar-refractivity contribution in [2.75, 3.05) is 18.3 Å². The van der Waals surface area contributed by atoms with Gasteiger partial charge in [0.25, 0.3) is 10.0 Å². The van der Waals surface area contributed by atoms with E-state index in [1.165, 1.54) is 6.07 Å². The maximum absolute atomic E-state index is 12.2. The number of nitrogens with one attached hydrogen (secondary N) is 2. The van der Waals surface area contributed by atoms with Crippen LogP contribution >= 0.6 is 11.6 Å². The number of benzene rings is 1. The standard InChI is InChI=1S/C12H12ClN5O5S/c1-23-11(20)7-4-6(2-3-8(7)19)24(21,22)18-17-10-5-9(13)15-12(14)16-10/h2-5,18-19H,1H3,(H3,14,15,16,17). The first-order valence-corrected chi connectivity index (χ1v) is 8.08. The summed E-state index contributed by atoms with van der Waals surface area (Å²) in [5, 5.41) is 9.61. The van der Waals surface area contributed by atoms with Crippen molar-refractivity contribution in [3.8, 4) is 5.75 Å². The van der Waals surface area contributed by atoms with Crippen molar-refractivity contribution in [3.05, 3.63) is 35.0 Å². The molecule has 128 valence electrons. The maximum Gasteiger partial charge on any atom is 0.341 e. The van der Waals surface area contributed by atoms with E-state index in [0.717, 1.165) is 25.3 Å². The van der Waals surface area contributed by atoms with Crippen LogP contribution in [-0.2, 0) is 14.8 Å². The Bertz CT molecular complexity index is 869. The Morgan fingerprint density at radius 2 is 2.04 bits per heavy atom. The van der Waals surface area contributed by atoms with E-state index in [1.807, 2.05) is 4.83 Å². The molecular formula is C12H12ClN5O5S. The lowest BCUT2D eigenvalue weighted by molar-refractivity contribution is 0.0597.